The van der Waals surface area contributed by atoms with Gasteiger partial charge in [-0.15, -0.1) is 0 Å². The van der Waals surface area contributed by atoms with Crippen LogP contribution in [-0.2, 0) is 16.0 Å². The molecule has 0 bridgehead atoms. The number of pyridine rings is 1. The Hall–Kier alpha value is -3.08. The second kappa shape index (κ2) is 13.3. The summed E-state index contributed by atoms with van der Waals surface area (Å²) in [6.07, 6.45) is -1.62. The van der Waals surface area contributed by atoms with E-state index in [1.54, 1.807) is 25.3 Å². The Bertz CT molecular complexity index is 994. The summed E-state index contributed by atoms with van der Waals surface area (Å²) in [6.45, 7) is 4.33. The summed E-state index contributed by atoms with van der Waals surface area (Å²) in [4.78, 5) is 29.3. The van der Waals surface area contributed by atoms with E-state index in [0.717, 1.165) is 17.7 Å². The van der Waals surface area contributed by atoms with Gasteiger partial charge in [0.15, 0.2) is 0 Å². The van der Waals surface area contributed by atoms with Crippen LogP contribution in [0.1, 0.15) is 57.1 Å². The van der Waals surface area contributed by atoms with E-state index in [0.29, 0.717) is 25.3 Å². The van der Waals surface area contributed by atoms with Gasteiger partial charge in [0.2, 0.25) is 11.8 Å². The molecule has 0 saturated carbocycles. The lowest BCUT2D eigenvalue weighted by molar-refractivity contribution is -0.126. The number of hydrogen-bond donors (Lipinski definition) is 3. The summed E-state index contributed by atoms with van der Waals surface area (Å²) in [5.41, 5.74) is 0.948. The number of alkyl halides is 3. The van der Waals surface area contributed by atoms with E-state index >= 15 is 0 Å². The van der Waals surface area contributed by atoms with Crippen molar-refractivity contribution in [2.75, 3.05) is 11.9 Å². The van der Waals surface area contributed by atoms with Gasteiger partial charge in [0.25, 0.3) is 0 Å². The number of aromatic nitrogens is 1. The van der Waals surface area contributed by atoms with Crippen LogP contribution >= 0.6 is 0 Å². The van der Waals surface area contributed by atoms with Gasteiger partial charge in [0, 0.05) is 18.3 Å². The molecule has 0 aliphatic rings. The first-order chi connectivity index (χ1) is 16.9. The molecule has 0 spiro atoms. The average Bonchev–Trinajstić information content (AvgIpc) is 2.76. The van der Waals surface area contributed by atoms with Gasteiger partial charge in [-0.1, -0.05) is 26.3 Å². The number of carbonyl (C=O) groups is 2. The number of nitrogens with zero attached hydrogens (tertiary/aromatic N) is 1. The van der Waals surface area contributed by atoms with Gasteiger partial charge in [-0.3, -0.25) is 9.59 Å². The smallest absolute Gasteiger partial charge is 0.344 e. The van der Waals surface area contributed by atoms with Gasteiger partial charge in [-0.2, -0.15) is 13.2 Å². The Morgan fingerprint density at radius 3 is 2.28 bits per heavy atom. The van der Waals surface area contributed by atoms with Crippen LogP contribution in [-0.4, -0.2) is 41.6 Å². The third-order valence-electron chi connectivity index (χ3n) is 5.48. The Morgan fingerprint density at radius 1 is 1.06 bits per heavy atom. The fourth-order valence-electron chi connectivity index (χ4n) is 3.73. The van der Waals surface area contributed by atoms with Crippen LogP contribution in [0.15, 0.2) is 36.5 Å². The average molecular weight is 515 g/mol. The maximum atomic E-state index is 13.4. The fraction of sp³-hybridized carbons (Fsp3) is 0.480. The van der Waals surface area contributed by atoms with Gasteiger partial charge in [0.1, 0.15) is 23.5 Å². The van der Waals surface area contributed by atoms with Crippen molar-refractivity contribution in [1.82, 2.24) is 15.6 Å². The second-order valence-electron chi connectivity index (χ2n) is 8.86. The van der Waals surface area contributed by atoms with Crippen molar-refractivity contribution in [3.63, 3.8) is 0 Å². The van der Waals surface area contributed by atoms with Crippen LogP contribution in [0.2, 0.25) is 0 Å². The molecule has 0 fully saturated rings. The van der Waals surface area contributed by atoms with Crippen LogP contribution in [0.25, 0.3) is 0 Å². The number of nitrogens with one attached hydrogen (secondary N) is 3. The summed E-state index contributed by atoms with van der Waals surface area (Å²) < 4.78 is 63.8. The van der Waals surface area contributed by atoms with E-state index in [9.17, 15) is 31.5 Å². The van der Waals surface area contributed by atoms with E-state index in [1.165, 1.54) is 0 Å². The lowest BCUT2D eigenvalue weighted by Gasteiger charge is -2.20. The normalized spacial score (nSPS) is 14.1. The predicted molar refractivity (Wildman–Crippen MR) is 126 cm³/mol. The standard InChI is InChI=1S/C25H31F5N4O2/c1-4-5-21(33-23(35)11-17-9-19(26)12-20(27)10-17)24(36)34-22-7-6-18(13-31-22)15(2)8-16(3)32-14-25(28,29)30/h6-7,9-10,12-13,15-16,21,32H,4-5,8,11,14H2,1-3H3,(H,33,35)(H,31,34,36)/t15-,16+,21+/m1/s1. The maximum absolute atomic E-state index is 13.4. The molecular weight excluding hydrogens is 483 g/mol. The molecule has 11 heteroatoms. The SMILES string of the molecule is CCC[C@H](NC(=O)Cc1cc(F)cc(F)c1)C(=O)Nc1ccc([C@H](C)C[C@H](C)NCC(F)(F)F)cn1. The van der Waals surface area contributed by atoms with Crippen molar-refractivity contribution in [1.29, 1.82) is 0 Å². The Labute approximate surface area is 207 Å². The van der Waals surface area contributed by atoms with E-state index in [-0.39, 0.29) is 29.8 Å². The molecule has 3 atom stereocenters. The minimum absolute atomic E-state index is 0.0715. The van der Waals surface area contributed by atoms with Crippen LogP contribution in [0.3, 0.4) is 0 Å². The summed E-state index contributed by atoms with van der Waals surface area (Å²) in [6, 6.07) is 4.89. The number of anilines is 1. The minimum Gasteiger partial charge on any atom is -0.344 e. The van der Waals surface area contributed by atoms with Crippen LogP contribution < -0.4 is 16.0 Å². The molecule has 2 rings (SSSR count). The third kappa shape index (κ3) is 10.3. The molecule has 36 heavy (non-hydrogen) atoms. The Morgan fingerprint density at radius 2 is 1.72 bits per heavy atom. The Kier molecular flexibility index (Phi) is 10.8. The van der Waals surface area contributed by atoms with E-state index in [1.807, 2.05) is 13.8 Å². The molecular formula is C25H31F5N4O2. The molecule has 0 aliphatic carbocycles. The predicted octanol–water partition coefficient (Wildman–Crippen LogP) is 4.86. The summed E-state index contributed by atoms with van der Waals surface area (Å²) in [5, 5.41) is 7.67. The van der Waals surface area contributed by atoms with Crippen molar-refractivity contribution in [2.45, 2.75) is 70.6 Å². The minimum atomic E-state index is -4.27. The van der Waals surface area contributed by atoms with E-state index < -0.39 is 42.2 Å². The third-order valence-corrected chi connectivity index (χ3v) is 5.48. The largest absolute Gasteiger partial charge is 0.401 e. The number of rotatable bonds is 12. The zero-order valence-electron chi connectivity index (χ0n) is 20.4. The first kappa shape index (κ1) is 29.2. The molecule has 198 valence electrons. The molecule has 0 unspecified atom stereocenters. The lowest BCUT2D eigenvalue weighted by atomic mass is 9.96. The Balaban J connectivity index is 1.93. The van der Waals surface area contributed by atoms with Gasteiger partial charge in [0.05, 0.1) is 13.0 Å². The molecule has 0 aliphatic heterocycles. The van der Waals surface area contributed by atoms with Crippen LogP contribution in [0.5, 0.6) is 0 Å². The second-order valence-corrected chi connectivity index (χ2v) is 8.86. The highest BCUT2D eigenvalue weighted by atomic mass is 19.4. The maximum Gasteiger partial charge on any atom is 0.401 e. The molecule has 2 amide bonds. The van der Waals surface area contributed by atoms with Crippen molar-refractivity contribution >= 4 is 17.6 Å². The zero-order valence-corrected chi connectivity index (χ0v) is 20.4. The van der Waals surface area contributed by atoms with E-state index in [4.69, 9.17) is 0 Å². The van der Waals surface area contributed by atoms with Crippen molar-refractivity contribution in [3.05, 3.63) is 59.3 Å². The first-order valence-corrected chi connectivity index (χ1v) is 11.7. The number of halogens is 5. The zero-order chi connectivity index (χ0) is 26.9. The summed E-state index contributed by atoms with van der Waals surface area (Å²) in [5.74, 6) is -2.46. The molecule has 6 nitrogen and oxygen atoms in total. The van der Waals surface area contributed by atoms with Gasteiger partial charge < -0.3 is 16.0 Å². The van der Waals surface area contributed by atoms with Gasteiger partial charge >= 0.3 is 6.18 Å². The van der Waals surface area contributed by atoms with Gasteiger partial charge in [-0.25, -0.2) is 13.8 Å². The molecule has 1 aromatic carbocycles. The summed E-state index contributed by atoms with van der Waals surface area (Å²) in [7, 11) is 0. The summed E-state index contributed by atoms with van der Waals surface area (Å²) >= 11 is 0. The molecule has 2 aromatic rings. The highest BCUT2D eigenvalue weighted by Gasteiger charge is 2.27. The molecule has 0 radical (unpaired) electrons. The topological polar surface area (TPSA) is 83.1 Å². The monoisotopic (exact) mass is 514 g/mol. The molecule has 0 saturated heterocycles. The van der Waals surface area contributed by atoms with Crippen molar-refractivity contribution in [3.8, 4) is 0 Å². The van der Waals surface area contributed by atoms with Gasteiger partial charge in [-0.05, 0) is 55.0 Å². The molecule has 1 aromatic heterocycles. The molecule has 1 heterocycles. The highest BCUT2D eigenvalue weighted by molar-refractivity contribution is 5.96. The molecule has 3 N–H and O–H groups in total. The van der Waals surface area contributed by atoms with Crippen molar-refractivity contribution < 1.29 is 31.5 Å². The van der Waals surface area contributed by atoms with Crippen molar-refractivity contribution in [2.24, 2.45) is 0 Å². The highest BCUT2D eigenvalue weighted by Crippen LogP contribution is 2.22. The lowest BCUT2D eigenvalue weighted by Crippen LogP contribution is -2.44. The van der Waals surface area contributed by atoms with Crippen LogP contribution in [0.4, 0.5) is 27.8 Å². The van der Waals surface area contributed by atoms with Crippen LogP contribution in [0, 0.1) is 11.6 Å². The fourth-order valence-corrected chi connectivity index (χ4v) is 3.73. The van der Waals surface area contributed by atoms with E-state index in [2.05, 4.69) is 20.9 Å². The number of hydrogen-bond acceptors (Lipinski definition) is 4. The first-order valence-electron chi connectivity index (χ1n) is 11.7. The quantitative estimate of drug-likeness (QED) is 0.354. The number of benzene rings is 1. The number of amides is 2. The number of carbonyl (C=O) groups excluding carboxylic acids is 2.